The number of nitrogens with one attached hydrogen (secondary N) is 2. The lowest BCUT2D eigenvalue weighted by molar-refractivity contribution is 0.102. The quantitative estimate of drug-likeness (QED) is 0.342. The van der Waals surface area contributed by atoms with Crippen molar-refractivity contribution in [3.8, 4) is 10.4 Å². The van der Waals surface area contributed by atoms with Gasteiger partial charge in [0, 0.05) is 23.3 Å². The van der Waals surface area contributed by atoms with E-state index < -0.39 is 5.82 Å². The second-order valence-corrected chi connectivity index (χ2v) is 8.50. The number of nitrogens with zero attached hydrogens (tertiary/aromatic N) is 3. The lowest BCUT2D eigenvalue weighted by Gasteiger charge is -2.14. The highest BCUT2D eigenvalue weighted by Gasteiger charge is 2.14. The van der Waals surface area contributed by atoms with Gasteiger partial charge in [-0.15, -0.1) is 11.3 Å². The first-order valence-electron chi connectivity index (χ1n) is 9.42. The number of benzene rings is 1. The third kappa shape index (κ3) is 5.75. The molecule has 2 aromatic heterocycles. The molecule has 0 fully saturated rings. The molecule has 0 bridgehead atoms. The average molecular weight is 448 g/mol. The fraction of sp³-hybridized carbons (Fsp3) is 0.286. The van der Waals surface area contributed by atoms with Crippen LogP contribution in [0.3, 0.4) is 0 Å². The Bertz CT molecular complexity index is 1040. The predicted molar refractivity (Wildman–Crippen MR) is 122 cm³/mol. The number of hydrogen-bond donors (Lipinski definition) is 2. The zero-order valence-electron chi connectivity index (χ0n) is 17.0. The van der Waals surface area contributed by atoms with Crippen molar-refractivity contribution in [2.45, 2.75) is 13.3 Å². The van der Waals surface area contributed by atoms with Crippen LogP contribution in [0.2, 0.25) is 5.02 Å². The number of halogens is 2. The van der Waals surface area contributed by atoms with E-state index in [1.54, 1.807) is 19.2 Å². The van der Waals surface area contributed by atoms with Crippen molar-refractivity contribution < 1.29 is 9.18 Å². The molecule has 3 rings (SSSR count). The molecule has 0 aliphatic rings. The molecule has 0 amide bonds. The van der Waals surface area contributed by atoms with Gasteiger partial charge >= 0.3 is 0 Å². The number of rotatable bonds is 9. The molecule has 158 valence electrons. The van der Waals surface area contributed by atoms with Crippen LogP contribution < -0.4 is 10.6 Å². The number of hydrogen-bond acceptors (Lipinski definition) is 7. The molecule has 0 saturated carbocycles. The predicted octanol–water partition coefficient (Wildman–Crippen LogP) is 5.31. The van der Waals surface area contributed by atoms with Crippen molar-refractivity contribution in [2.24, 2.45) is 0 Å². The summed E-state index contributed by atoms with van der Waals surface area (Å²) in [4.78, 5) is 24.4. The van der Waals surface area contributed by atoms with Crippen molar-refractivity contribution in [2.75, 3.05) is 37.8 Å². The molecule has 1 aromatic carbocycles. The average Bonchev–Trinajstić information content (AvgIpc) is 3.18. The van der Waals surface area contributed by atoms with Gasteiger partial charge in [-0.25, -0.2) is 9.37 Å². The van der Waals surface area contributed by atoms with E-state index in [0.717, 1.165) is 30.0 Å². The summed E-state index contributed by atoms with van der Waals surface area (Å²) in [7, 11) is 4.06. The van der Waals surface area contributed by atoms with Crippen LogP contribution in [0.4, 0.5) is 21.8 Å². The van der Waals surface area contributed by atoms with Crippen LogP contribution >= 0.6 is 22.9 Å². The van der Waals surface area contributed by atoms with Crippen molar-refractivity contribution in [3.63, 3.8) is 0 Å². The minimum atomic E-state index is -0.485. The molecular formula is C21H23ClFN5OS. The molecule has 9 heteroatoms. The van der Waals surface area contributed by atoms with Crippen molar-refractivity contribution in [3.05, 3.63) is 52.2 Å². The molecular weight excluding hydrogens is 425 g/mol. The summed E-state index contributed by atoms with van der Waals surface area (Å²) in [6, 6.07) is 8.05. The highest BCUT2D eigenvalue weighted by molar-refractivity contribution is 7.17. The maximum Gasteiger partial charge on any atom is 0.229 e. The number of anilines is 3. The van der Waals surface area contributed by atoms with Crippen LogP contribution in [0.5, 0.6) is 0 Å². The maximum absolute atomic E-state index is 13.4. The smallest absolute Gasteiger partial charge is 0.229 e. The summed E-state index contributed by atoms with van der Waals surface area (Å²) in [6.45, 7) is 3.22. The van der Waals surface area contributed by atoms with Crippen molar-refractivity contribution in [1.82, 2.24) is 14.9 Å². The molecule has 2 N–H and O–H groups in total. The summed E-state index contributed by atoms with van der Waals surface area (Å²) in [5.41, 5.74) is 1.41. The number of aromatic nitrogens is 2. The third-order valence-corrected chi connectivity index (χ3v) is 5.77. The largest absolute Gasteiger partial charge is 0.369 e. The lowest BCUT2D eigenvalue weighted by atomic mass is 10.2. The Kier molecular flexibility index (Phi) is 7.36. The SMILES string of the molecule is CC(=O)c1ccc(-c2cnc(Nc3ccc(F)c(Cl)c3)nc2NCCCN(C)C)s1. The zero-order chi connectivity index (χ0) is 21.7. The number of carbonyl (C=O) groups excluding carboxylic acids is 1. The Morgan fingerprint density at radius 3 is 2.73 bits per heavy atom. The van der Waals surface area contributed by atoms with E-state index in [-0.39, 0.29) is 10.8 Å². The van der Waals surface area contributed by atoms with E-state index in [1.165, 1.54) is 23.5 Å². The summed E-state index contributed by atoms with van der Waals surface area (Å²) in [6.07, 6.45) is 2.65. The number of thiophene rings is 1. The normalized spacial score (nSPS) is 11.0. The second-order valence-electron chi connectivity index (χ2n) is 7.01. The van der Waals surface area contributed by atoms with E-state index >= 15 is 0 Å². The van der Waals surface area contributed by atoms with Crippen LogP contribution in [-0.4, -0.2) is 47.8 Å². The lowest BCUT2D eigenvalue weighted by Crippen LogP contribution is -2.17. The van der Waals surface area contributed by atoms with Gasteiger partial charge in [-0.2, -0.15) is 4.98 Å². The van der Waals surface area contributed by atoms with Crippen LogP contribution in [-0.2, 0) is 0 Å². The molecule has 0 saturated heterocycles. The molecule has 0 radical (unpaired) electrons. The summed E-state index contributed by atoms with van der Waals surface area (Å²) < 4.78 is 13.4. The van der Waals surface area contributed by atoms with Crippen LogP contribution in [0.15, 0.2) is 36.5 Å². The Morgan fingerprint density at radius 1 is 1.27 bits per heavy atom. The standard InChI is InChI=1S/C21H23ClFN5OS/c1-13(29)18-7-8-19(30-18)15-12-25-21(26-14-5-6-17(23)16(22)11-14)27-20(15)24-9-4-10-28(2)3/h5-8,11-12H,4,9-10H2,1-3H3,(H2,24,25,26,27). The van der Waals surface area contributed by atoms with Gasteiger partial charge in [0.25, 0.3) is 0 Å². The molecule has 0 aliphatic carbocycles. The third-order valence-electron chi connectivity index (χ3n) is 4.26. The summed E-state index contributed by atoms with van der Waals surface area (Å²) in [5, 5.41) is 6.44. The van der Waals surface area contributed by atoms with E-state index in [0.29, 0.717) is 22.3 Å². The summed E-state index contributed by atoms with van der Waals surface area (Å²) >= 11 is 7.26. The maximum atomic E-state index is 13.4. The topological polar surface area (TPSA) is 70.1 Å². The Balaban J connectivity index is 1.87. The fourth-order valence-electron chi connectivity index (χ4n) is 2.73. The Morgan fingerprint density at radius 2 is 2.07 bits per heavy atom. The molecule has 2 heterocycles. The second kappa shape index (κ2) is 9.97. The first-order chi connectivity index (χ1) is 14.3. The van der Waals surface area contributed by atoms with Gasteiger partial charge in [0.2, 0.25) is 5.95 Å². The van der Waals surface area contributed by atoms with E-state index in [1.807, 2.05) is 26.2 Å². The van der Waals surface area contributed by atoms with E-state index in [4.69, 9.17) is 11.6 Å². The van der Waals surface area contributed by atoms with Gasteiger partial charge in [0.05, 0.1) is 15.5 Å². The first-order valence-corrected chi connectivity index (χ1v) is 10.6. The fourth-order valence-corrected chi connectivity index (χ4v) is 3.83. The minimum absolute atomic E-state index is 0.0222. The Labute approximate surface area is 184 Å². The van der Waals surface area contributed by atoms with E-state index in [9.17, 15) is 9.18 Å². The van der Waals surface area contributed by atoms with Crippen molar-refractivity contribution >= 4 is 46.2 Å². The van der Waals surface area contributed by atoms with Crippen LogP contribution in [0, 0.1) is 5.82 Å². The molecule has 30 heavy (non-hydrogen) atoms. The van der Waals surface area contributed by atoms with E-state index in [2.05, 4.69) is 25.5 Å². The highest BCUT2D eigenvalue weighted by Crippen LogP contribution is 2.33. The van der Waals surface area contributed by atoms with Gasteiger partial charge in [-0.3, -0.25) is 4.79 Å². The van der Waals surface area contributed by atoms with Gasteiger partial charge in [-0.05, 0) is 64.3 Å². The number of Topliss-reactive ketones (excluding diaryl/α,β-unsaturated/α-hetero) is 1. The molecule has 0 aliphatic heterocycles. The van der Waals surface area contributed by atoms with Crippen LogP contribution in [0.25, 0.3) is 10.4 Å². The van der Waals surface area contributed by atoms with Gasteiger partial charge in [0.1, 0.15) is 11.6 Å². The monoisotopic (exact) mass is 447 g/mol. The molecule has 3 aromatic rings. The highest BCUT2D eigenvalue weighted by atomic mass is 35.5. The van der Waals surface area contributed by atoms with Gasteiger partial charge < -0.3 is 15.5 Å². The van der Waals surface area contributed by atoms with Gasteiger partial charge in [0.15, 0.2) is 5.78 Å². The minimum Gasteiger partial charge on any atom is -0.369 e. The first kappa shape index (κ1) is 22.1. The summed E-state index contributed by atoms with van der Waals surface area (Å²) in [5.74, 6) is 0.566. The Hall–Kier alpha value is -2.55. The molecule has 0 unspecified atom stereocenters. The van der Waals surface area contributed by atoms with Crippen molar-refractivity contribution in [1.29, 1.82) is 0 Å². The molecule has 0 atom stereocenters. The number of carbonyl (C=O) groups is 1. The molecule has 0 spiro atoms. The van der Waals surface area contributed by atoms with Gasteiger partial charge in [-0.1, -0.05) is 11.6 Å². The zero-order valence-corrected chi connectivity index (χ0v) is 18.6. The van der Waals surface area contributed by atoms with Crippen LogP contribution in [0.1, 0.15) is 23.0 Å². The molecule has 6 nitrogen and oxygen atoms in total. The number of ketones is 1.